The third-order valence-corrected chi connectivity index (χ3v) is 4.03. The molecule has 1 aromatic carbocycles. The molecule has 2 heterocycles. The molecule has 0 unspecified atom stereocenters. The van der Waals surface area contributed by atoms with Gasteiger partial charge < -0.3 is 10.5 Å². The minimum atomic E-state index is 0.266. The molecule has 0 atom stereocenters. The van der Waals surface area contributed by atoms with Gasteiger partial charge in [-0.2, -0.15) is 0 Å². The zero-order chi connectivity index (χ0) is 11.0. The Hall–Kier alpha value is -1.06. The number of hydrogen-bond donors (Lipinski definition) is 1. The van der Waals surface area contributed by atoms with Crippen molar-refractivity contribution in [2.75, 3.05) is 26.4 Å². The van der Waals surface area contributed by atoms with E-state index >= 15 is 0 Å². The molecule has 86 valence electrons. The summed E-state index contributed by atoms with van der Waals surface area (Å²) in [5.74, 6) is 1.09. The first-order chi connectivity index (χ1) is 7.84. The van der Waals surface area contributed by atoms with Crippen LogP contribution < -0.4 is 10.5 Å². The first-order valence-corrected chi connectivity index (χ1v) is 5.99. The van der Waals surface area contributed by atoms with Gasteiger partial charge in [-0.1, -0.05) is 18.2 Å². The second-order valence-corrected chi connectivity index (χ2v) is 4.87. The lowest BCUT2D eigenvalue weighted by Gasteiger charge is -2.37. The van der Waals surface area contributed by atoms with Gasteiger partial charge in [-0.3, -0.25) is 4.90 Å². The van der Waals surface area contributed by atoms with Crippen LogP contribution in [0.4, 0.5) is 0 Å². The average Bonchev–Trinajstić information content (AvgIpc) is 2.71. The number of ether oxygens (including phenoxy) is 1. The Kier molecular flexibility index (Phi) is 2.37. The standard InChI is InChI=1S/C13H18N2O/c14-10-15-7-5-13(6-8-15)9-16-12-4-2-1-3-11(12)13/h1-4H,5-10,14H2. The minimum absolute atomic E-state index is 0.266. The fourth-order valence-electron chi connectivity index (χ4n) is 2.90. The zero-order valence-corrected chi connectivity index (χ0v) is 9.48. The van der Waals surface area contributed by atoms with E-state index in [1.54, 1.807) is 0 Å². The smallest absolute Gasteiger partial charge is 0.123 e. The topological polar surface area (TPSA) is 38.5 Å². The molecule has 1 fully saturated rings. The van der Waals surface area contributed by atoms with Crippen molar-refractivity contribution in [3.63, 3.8) is 0 Å². The number of likely N-dealkylation sites (tertiary alicyclic amines) is 1. The molecular weight excluding hydrogens is 200 g/mol. The van der Waals surface area contributed by atoms with Crippen LogP contribution in [0.1, 0.15) is 18.4 Å². The number of nitrogens with two attached hydrogens (primary N) is 1. The van der Waals surface area contributed by atoms with Gasteiger partial charge in [0, 0.05) is 30.7 Å². The monoisotopic (exact) mass is 218 g/mol. The van der Waals surface area contributed by atoms with Crippen molar-refractivity contribution in [1.29, 1.82) is 0 Å². The van der Waals surface area contributed by atoms with Gasteiger partial charge in [0.15, 0.2) is 0 Å². The van der Waals surface area contributed by atoms with E-state index in [1.165, 1.54) is 18.4 Å². The maximum absolute atomic E-state index is 5.81. The molecule has 1 aromatic rings. The summed E-state index contributed by atoms with van der Waals surface area (Å²) < 4.78 is 5.81. The summed E-state index contributed by atoms with van der Waals surface area (Å²) in [6.45, 7) is 3.71. The van der Waals surface area contributed by atoms with Crippen molar-refractivity contribution in [3.8, 4) is 5.75 Å². The molecule has 2 aliphatic heterocycles. The van der Waals surface area contributed by atoms with Gasteiger partial charge in [-0.15, -0.1) is 0 Å². The first kappa shape index (κ1) is 10.1. The third-order valence-electron chi connectivity index (χ3n) is 4.03. The summed E-state index contributed by atoms with van der Waals surface area (Å²) >= 11 is 0. The van der Waals surface area contributed by atoms with E-state index in [1.807, 2.05) is 6.07 Å². The Morgan fingerprint density at radius 2 is 2.00 bits per heavy atom. The number of para-hydroxylation sites is 1. The molecule has 3 rings (SSSR count). The normalized spacial score (nSPS) is 23.1. The number of benzene rings is 1. The number of nitrogens with zero attached hydrogens (tertiary/aromatic N) is 1. The van der Waals surface area contributed by atoms with Crippen molar-refractivity contribution in [1.82, 2.24) is 4.90 Å². The molecule has 2 aliphatic rings. The van der Waals surface area contributed by atoms with E-state index in [0.29, 0.717) is 6.67 Å². The molecule has 1 saturated heterocycles. The quantitative estimate of drug-likeness (QED) is 0.773. The van der Waals surface area contributed by atoms with Crippen molar-refractivity contribution in [2.45, 2.75) is 18.3 Å². The van der Waals surface area contributed by atoms with E-state index in [4.69, 9.17) is 10.5 Å². The molecule has 1 spiro atoms. The van der Waals surface area contributed by atoms with Gasteiger partial charge in [0.2, 0.25) is 0 Å². The van der Waals surface area contributed by atoms with Crippen LogP contribution in [0.15, 0.2) is 24.3 Å². The fraction of sp³-hybridized carbons (Fsp3) is 0.538. The third kappa shape index (κ3) is 1.43. The van der Waals surface area contributed by atoms with E-state index in [2.05, 4.69) is 23.1 Å². The van der Waals surface area contributed by atoms with Crippen LogP contribution in [0.3, 0.4) is 0 Å². The molecular formula is C13H18N2O. The SMILES string of the molecule is NCN1CCC2(CC1)COc1ccccc12. The van der Waals surface area contributed by atoms with Crippen LogP contribution in [-0.4, -0.2) is 31.3 Å². The zero-order valence-electron chi connectivity index (χ0n) is 9.48. The number of piperidine rings is 1. The maximum Gasteiger partial charge on any atom is 0.123 e. The summed E-state index contributed by atoms with van der Waals surface area (Å²) in [5.41, 5.74) is 7.35. The van der Waals surface area contributed by atoms with E-state index in [9.17, 15) is 0 Å². The summed E-state index contributed by atoms with van der Waals surface area (Å²) in [7, 11) is 0. The van der Waals surface area contributed by atoms with Gasteiger partial charge in [-0.25, -0.2) is 0 Å². The lowest BCUT2D eigenvalue weighted by Crippen LogP contribution is -2.45. The summed E-state index contributed by atoms with van der Waals surface area (Å²) in [4.78, 5) is 2.31. The van der Waals surface area contributed by atoms with Crippen LogP contribution in [-0.2, 0) is 5.41 Å². The molecule has 0 saturated carbocycles. The van der Waals surface area contributed by atoms with E-state index in [-0.39, 0.29) is 5.41 Å². The number of rotatable bonds is 1. The van der Waals surface area contributed by atoms with Crippen LogP contribution >= 0.6 is 0 Å². The molecule has 0 amide bonds. The summed E-state index contributed by atoms with van der Waals surface area (Å²) in [6, 6.07) is 8.47. The van der Waals surface area contributed by atoms with Gasteiger partial charge >= 0.3 is 0 Å². The molecule has 0 bridgehead atoms. The largest absolute Gasteiger partial charge is 0.492 e. The van der Waals surface area contributed by atoms with Gasteiger partial charge in [0.25, 0.3) is 0 Å². The summed E-state index contributed by atoms with van der Waals surface area (Å²) in [6.07, 6.45) is 2.34. The van der Waals surface area contributed by atoms with Crippen molar-refractivity contribution < 1.29 is 4.74 Å². The Labute approximate surface area is 96.2 Å². The Balaban J connectivity index is 1.87. The van der Waals surface area contributed by atoms with E-state index < -0.39 is 0 Å². The van der Waals surface area contributed by atoms with Crippen molar-refractivity contribution in [2.24, 2.45) is 5.73 Å². The number of fused-ring (bicyclic) bond motifs is 2. The van der Waals surface area contributed by atoms with E-state index in [0.717, 1.165) is 25.4 Å². The molecule has 16 heavy (non-hydrogen) atoms. The Morgan fingerprint density at radius 3 is 2.75 bits per heavy atom. The first-order valence-electron chi connectivity index (χ1n) is 5.99. The molecule has 3 nitrogen and oxygen atoms in total. The van der Waals surface area contributed by atoms with Crippen molar-refractivity contribution in [3.05, 3.63) is 29.8 Å². The average molecular weight is 218 g/mol. The molecule has 2 N–H and O–H groups in total. The van der Waals surface area contributed by atoms with Crippen LogP contribution in [0.25, 0.3) is 0 Å². The minimum Gasteiger partial charge on any atom is -0.492 e. The Bertz CT molecular complexity index is 383. The predicted octanol–water partition coefficient (Wildman–Crippen LogP) is 1.33. The van der Waals surface area contributed by atoms with Gasteiger partial charge in [-0.05, 0) is 18.9 Å². The molecule has 0 aromatic heterocycles. The second kappa shape index (κ2) is 3.75. The molecule has 0 aliphatic carbocycles. The number of hydrogen-bond acceptors (Lipinski definition) is 3. The lowest BCUT2D eigenvalue weighted by molar-refractivity contribution is 0.137. The highest BCUT2D eigenvalue weighted by atomic mass is 16.5. The highest BCUT2D eigenvalue weighted by molar-refractivity contribution is 5.43. The summed E-state index contributed by atoms with van der Waals surface area (Å²) in [5, 5.41) is 0. The van der Waals surface area contributed by atoms with Crippen LogP contribution in [0.2, 0.25) is 0 Å². The molecule has 0 radical (unpaired) electrons. The Morgan fingerprint density at radius 1 is 1.25 bits per heavy atom. The van der Waals surface area contributed by atoms with Gasteiger partial charge in [0.05, 0.1) is 6.61 Å². The van der Waals surface area contributed by atoms with Crippen molar-refractivity contribution >= 4 is 0 Å². The highest BCUT2D eigenvalue weighted by Gasteiger charge is 2.42. The second-order valence-electron chi connectivity index (χ2n) is 4.87. The predicted molar refractivity (Wildman–Crippen MR) is 63.5 cm³/mol. The van der Waals surface area contributed by atoms with Gasteiger partial charge in [0.1, 0.15) is 5.75 Å². The fourth-order valence-corrected chi connectivity index (χ4v) is 2.90. The lowest BCUT2D eigenvalue weighted by atomic mass is 9.74. The van der Waals surface area contributed by atoms with Crippen LogP contribution in [0, 0.1) is 0 Å². The van der Waals surface area contributed by atoms with Crippen LogP contribution in [0.5, 0.6) is 5.75 Å². The maximum atomic E-state index is 5.81. The molecule has 3 heteroatoms. The highest BCUT2D eigenvalue weighted by Crippen LogP contribution is 2.44.